The van der Waals surface area contributed by atoms with Gasteiger partial charge in [0.25, 0.3) is 0 Å². The van der Waals surface area contributed by atoms with E-state index >= 15 is 0 Å². The summed E-state index contributed by atoms with van der Waals surface area (Å²) >= 11 is 0. The molecule has 2 aliphatic heterocycles. The molecule has 14 atom stereocenters. The Bertz CT molecular complexity index is 726. The summed E-state index contributed by atoms with van der Waals surface area (Å²) in [5.41, 5.74) is 18.5. The molecule has 0 spiro atoms. The summed E-state index contributed by atoms with van der Waals surface area (Å²) in [5.74, 6) is 0. The molecule has 0 radical (unpaired) electrons. The van der Waals surface area contributed by atoms with Crippen LogP contribution in [0.3, 0.4) is 0 Å². The van der Waals surface area contributed by atoms with Crippen molar-refractivity contribution in [1.82, 2.24) is 10.6 Å². The minimum absolute atomic E-state index is 0.134. The van der Waals surface area contributed by atoms with Gasteiger partial charge in [-0.15, -0.1) is 0 Å². The molecule has 3 rings (SSSR count). The van der Waals surface area contributed by atoms with Gasteiger partial charge < -0.3 is 82.5 Å². The lowest BCUT2D eigenvalue weighted by Crippen LogP contribution is -2.69. The molecule has 230 valence electrons. The van der Waals surface area contributed by atoms with Gasteiger partial charge in [-0.05, 0) is 19.4 Å². The fraction of sp³-hybridized carbons (Fsp3) is 1.00. The summed E-state index contributed by atoms with van der Waals surface area (Å²) in [6, 6.07) is -4.23. The molecule has 16 heteroatoms. The Kier molecular flexibility index (Phi) is 12.7. The number of rotatable bonds is 12. The summed E-state index contributed by atoms with van der Waals surface area (Å²) in [4.78, 5) is 0. The van der Waals surface area contributed by atoms with Crippen LogP contribution in [0.25, 0.3) is 0 Å². The van der Waals surface area contributed by atoms with Crippen molar-refractivity contribution in [2.75, 3.05) is 32.9 Å². The van der Waals surface area contributed by atoms with Gasteiger partial charge in [0, 0.05) is 18.6 Å². The molecular formula is C23H47N5O11. The maximum absolute atomic E-state index is 11.4. The molecule has 3 fully saturated rings. The van der Waals surface area contributed by atoms with Crippen LogP contribution in [0.15, 0.2) is 0 Å². The second kappa shape index (κ2) is 15.0. The third kappa shape index (κ3) is 7.81. The highest BCUT2D eigenvalue weighted by atomic mass is 16.7. The van der Waals surface area contributed by atoms with Crippen molar-refractivity contribution >= 4 is 0 Å². The predicted octanol–water partition coefficient (Wildman–Crippen LogP) is -6.66. The quantitative estimate of drug-likeness (QED) is 0.104. The summed E-state index contributed by atoms with van der Waals surface area (Å²) in [6.07, 6.45) is -11.3. The largest absolute Gasteiger partial charge is 0.395 e. The smallest absolute Gasteiger partial charge is 0.186 e. The van der Waals surface area contributed by atoms with E-state index in [0.717, 1.165) is 0 Å². The summed E-state index contributed by atoms with van der Waals surface area (Å²) in [7, 11) is 0. The number of nitrogens with one attached hydrogen (secondary N) is 2. The number of nitrogens with two attached hydrogens (primary N) is 3. The lowest BCUT2D eigenvalue weighted by Gasteiger charge is -2.49. The van der Waals surface area contributed by atoms with Crippen molar-refractivity contribution in [1.29, 1.82) is 0 Å². The number of hydrogen-bond acceptors (Lipinski definition) is 16. The van der Waals surface area contributed by atoms with Crippen LogP contribution in [0.4, 0.5) is 0 Å². The van der Waals surface area contributed by atoms with Gasteiger partial charge in [0.15, 0.2) is 12.6 Å². The normalized spacial score (nSPS) is 45.5. The Morgan fingerprint density at radius 3 is 2.08 bits per heavy atom. The standard InChI is InChI=1S/C23H47N5O11/c1-2-27-5-14-13(32)4-11(25)22(36-14)38-20-10(24)3-12(28-9(6-29)7-30)21(19(20)35)39-23-18(34)16(26)17(33)15(8-31)37-23/h9-23,27-35H,2-8,24-26H2,1H3/t10-,11+,12+,13-,14+,15+,16-,17+,18+,19-,20+,21-,22+,23+/m0/s1. The average molecular weight is 570 g/mol. The zero-order chi connectivity index (χ0) is 28.9. The zero-order valence-corrected chi connectivity index (χ0v) is 22.1. The van der Waals surface area contributed by atoms with E-state index in [1.807, 2.05) is 6.92 Å². The van der Waals surface area contributed by atoms with Crippen LogP contribution in [-0.4, -0.2) is 160 Å². The molecule has 2 heterocycles. The van der Waals surface area contributed by atoms with Crippen molar-refractivity contribution in [3.8, 4) is 0 Å². The highest BCUT2D eigenvalue weighted by molar-refractivity contribution is 5.03. The van der Waals surface area contributed by atoms with Gasteiger partial charge in [0.1, 0.15) is 36.6 Å². The third-order valence-electron chi connectivity index (χ3n) is 7.63. The van der Waals surface area contributed by atoms with E-state index in [2.05, 4.69) is 10.6 Å². The predicted molar refractivity (Wildman–Crippen MR) is 135 cm³/mol. The van der Waals surface area contributed by atoms with Gasteiger partial charge >= 0.3 is 0 Å². The molecule has 1 saturated carbocycles. The number of ether oxygens (including phenoxy) is 4. The highest BCUT2D eigenvalue weighted by Gasteiger charge is 2.51. The van der Waals surface area contributed by atoms with Crippen molar-refractivity contribution in [2.24, 2.45) is 17.2 Å². The first-order valence-electron chi connectivity index (χ1n) is 13.5. The lowest BCUT2D eigenvalue weighted by molar-refractivity contribution is -0.316. The molecule has 0 amide bonds. The van der Waals surface area contributed by atoms with E-state index in [4.69, 9.17) is 36.1 Å². The molecule has 0 aromatic rings. The molecule has 0 aromatic heterocycles. The van der Waals surface area contributed by atoms with Gasteiger partial charge in [-0.2, -0.15) is 0 Å². The van der Waals surface area contributed by atoms with Crippen molar-refractivity contribution in [3.05, 3.63) is 0 Å². The Hall–Kier alpha value is -0.640. The lowest BCUT2D eigenvalue weighted by atomic mass is 9.83. The zero-order valence-electron chi connectivity index (χ0n) is 22.1. The van der Waals surface area contributed by atoms with Gasteiger partial charge in [-0.1, -0.05) is 6.92 Å². The molecular weight excluding hydrogens is 522 g/mol. The van der Waals surface area contributed by atoms with Crippen LogP contribution in [0, 0.1) is 0 Å². The second-order valence-corrected chi connectivity index (χ2v) is 10.5. The van der Waals surface area contributed by atoms with Crippen LogP contribution in [0.2, 0.25) is 0 Å². The molecule has 2 saturated heterocycles. The van der Waals surface area contributed by atoms with Gasteiger partial charge in [-0.3, -0.25) is 0 Å². The number of aliphatic hydroxyl groups is 7. The van der Waals surface area contributed by atoms with Crippen LogP contribution < -0.4 is 27.8 Å². The van der Waals surface area contributed by atoms with Gasteiger partial charge in [-0.25, -0.2) is 0 Å². The van der Waals surface area contributed by atoms with E-state index in [0.29, 0.717) is 13.1 Å². The van der Waals surface area contributed by atoms with E-state index in [1.54, 1.807) is 0 Å². The monoisotopic (exact) mass is 569 g/mol. The Balaban J connectivity index is 1.80. The van der Waals surface area contributed by atoms with E-state index in [1.165, 1.54) is 0 Å². The SMILES string of the molecule is CCNC[C@H]1O[C@H](O[C@H]2[C@H](O)[C@@H](O[C@H]3O[C@H](CO)[C@@H](O)[C@H](N)[C@H]3O)[C@H](NC(CO)CO)C[C@@H]2N)[C@H](N)C[C@@H]1O. The maximum atomic E-state index is 11.4. The topological polar surface area (TPSA) is 281 Å². The van der Waals surface area contributed by atoms with Crippen LogP contribution in [0.1, 0.15) is 19.8 Å². The van der Waals surface area contributed by atoms with Crippen LogP contribution in [-0.2, 0) is 18.9 Å². The fourth-order valence-corrected chi connectivity index (χ4v) is 5.27. The highest BCUT2D eigenvalue weighted by Crippen LogP contribution is 2.31. The van der Waals surface area contributed by atoms with Crippen LogP contribution in [0.5, 0.6) is 0 Å². The van der Waals surface area contributed by atoms with Gasteiger partial charge in [0.05, 0.1) is 50.2 Å². The molecule has 39 heavy (non-hydrogen) atoms. The molecule has 16 nitrogen and oxygen atoms in total. The Labute approximate surface area is 227 Å². The fourth-order valence-electron chi connectivity index (χ4n) is 5.27. The van der Waals surface area contributed by atoms with Gasteiger partial charge in [0.2, 0.25) is 0 Å². The van der Waals surface area contributed by atoms with Crippen molar-refractivity contribution in [2.45, 2.75) is 111 Å². The average Bonchev–Trinajstić information content (AvgIpc) is 2.91. The van der Waals surface area contributed by atoms with Crippen molar-refractivity contribution in [3.63, 3.8) is 0 Å². The summed E-state index contributed by atoms with van der Waals surface area (Å²) < 4.78 is 23.5. The van der Waals surface area contributed by atoms with Crippen molar-refractivity contribution < 1.29 is 54.7 Å². The summed E-state index contributed by atoms with van der Waals surface area (Å²) in [5, 5.41) is 77.5. The first-order chi connectivity index (χ1) is 18.6. The molecule has 0 unspecified atom stereocenters. The number of aliphatic hydroxyl groups excluding tert-OH is 7. The second-order valence-electron chi connectivity index (χ2n) is 10.5. The number of hydrogen-bond donors (Lipinski definition) is 12. The minimum atomic E-state index is -1.51. The first kappa shape index (κ1) is 32.9. The number of likely N-dealkylation sites (N-methyl/N-ethyl adjacent to an activating group) is 1. The Morgan fingerprint density at radius 2 is 1.46 bits per heavy atom. The molecule has 1 aliphatic carbocycles. The molecule has 0 aromatic carbocycles. The maximum Gasteiger partial charge on any atom is 0.186 e. The minimum Gasteiger partial charge on any atom is -0.395 e. The molecule has 3 aliphatic rings. The molecule has 15 N–H and O–H groups in total. The summed E-state index contributed by atoms with van der Waals surface area (Å²) in [6.45, 7) is 1.51. The van der Waals surface area contributed by atoms with E-state index in [-0.39, 0.29) is 12.8 Å². The Morgan fingerprint density at radius 1 is 0.821 bits per heavy atom. The van der Waals surface area contributed by atoms with Crippen LogP contribution >= 0.6 is 0 Å². The first-order valence-corrected chi connectivity index (χ1v) is 13.5. The third-order valence-corrected chi connectivity index (χ3v) is 7.63. The van der Waals surface area contributed by atoms with E-state index < -0.39 is 111 Å². The molecule has 0 bridgehead atoms. The van der Waals surface area contributed by atoms with E-state index in [9.17, 15) is 35.7 Å².